The second-order valence-corrected chi connectivity index (χ2v) is 5.34. The Morgan fingerprint density at radius 3 is 2.67 bits per heavy atom. The van der Waals surface area contributed by atoms with Crippen LogP contribution in [-0.2, 0) is 11.3 Å². The van der Waals surface area contributed by atoms with Crippen molar-refractivity contribution < 1.29 is 4.79 Å². The predicted octanol–water partition coefficient (Wildman–Crippen LogP) is 0.349. The normalized spacial score (nSPS) is 10.8. The molecule has 1 amide bonds. The summed E-state index contributed by atoms with van der Waals surface area (Å²) in [6.45, 7) is 3.74. The zero-order valence-corrected chi connectivity index (χ0v) is 13.6. The molecule has 1 aromatic heterocycles. The van der Waals surface area contributed by atoms with Crippen LogP contribution in [0.5, 0.6) is 0 Å². The molecular weight excluding hydrogens is 294 g/mol. The minimum atomic E-state index is -0.361. The van der Waals surface area contributed by atoms with E-state index in [1.54, 1.807) is 11.9 Å². The summed E-state index contributed by atoms with van der Waals surface area (Å²) in [5.74, 6) is -0.0784. The van der Waals surface area contributed by atoms with Crippen molar-refractivity contribution in [3.8, 4) is 0 Å². The average Bonchev–Trinajstić information content (AvgIpc) is 2.46. The third-order valence-corrected chi connectivity index (χ3v) is 3.44. The third-order valence-electron chi connectivity index (χ3n) is 3.07. The quantitative estimate of drug-likeness (QED) is 0.786. The molecule has 0 aliphatic heterocycles. The summed E-state index contributed by atoms with van der Waals surface area (Å²) in [7, 11) is 5.54. The van der Waals surface area contributed by atoms with Crippen molar-refractivity contribution in [2.24, 2.45) is 0 Å². The van der Waals surface area contributed by atoms with E-state index in [0.29, 0.717) is 25.3 Å². The fraction of sp³-hybridized carbons (Fsp3) is 0.615. The summed E-state index contributed by atoms with van der Waals surface area (Å²) in [6, 6.07) is 0. The summed E-state index contributed by atoms with van der Waals surface area (Å²) in [5.41, 5.74) is 0.0143. The first-order valence-corrected chi connectivity index (χ1v) is 7.12. The van der Waals surface area contributed by atoms with Crippen LogP contribution in [0.4, 0.5) is 5.69 Å². The third kappa shape index (κ3) is 5.02. The van der Waals surface area contributed by atoms with Crippen molar-refractivity contribution in [3.05, 3.63) is 21.6 Å². The fourth-order valence-electron chi connectivity index (χ4n) is 1.52. The van der Waals surface area contributed by atoms with E-state index in [1.165, 1.54) is 10.9 Å². The molecule has 0 aromatic carbocycles. The van der Waals surface area contributed by atoms with Crippen LogP contribution in [0.25, 0.3) is 0 Å². The van der Waals surface area contributed by atoms with E-state index < -0.39 is 0 Å². The van der Waals surface area contributed by atoms with Crippen LogP contribution < -0.4 is 10.9 Å². The highest BCUT2D eigenvalue weighted by Crippen LogP contribution is 2.14. The molecule has 0 aliphatic carbocycles. The number of likely N-dealkylation sites (N-methyl/N-ethyl adjacent to an activating group) is 2. The highest BCUT2D eigenvalue weighted by molar-refractivity contribution is 6.33. The molecule has 8 heteroatoms. The minimum Gasteiger partial charge on any atom is -0.373 e. The van der Waals surface area contributed by atoms with Gasteiger partial charge in [0.1, 0.15) is 5.02 Å². The summed E-state index contributed by atoms with van der Waals surface area (Å²) in [6.07, 6.45) is 1.47. The Morgan fingerprint density at radius 1 is 1.43 bits per heavy atom. The number of anilines is 1. The highest BCUT2D eigenvalue weighted by atomic mass is 35.5. The Hall–Kier alpha value is -1.60. The number of rotatable bonds is 7. The average molecular weight is 316 g/mol. The van der Waals surface area contributed by atoms with Gasteiger partial charge in [-0.05, 0) is 21.0 Å². The van der Waals surface area contributed by atoms with Gasteiger partial charge in [0.15, 0.2) is 0 Å². The lowest BCUT2D eigenvalue weighted by atomic mass is 10.4. The maximum atomic E-state index is 12.1. The van der Waals surface area contributed by atoms with E-state index in [9.17, 15) is 9.59 Å². The van der Waals surface area contributed by atoms with Gasteiger partial charge >= 0.3 is 0 Å². The Bertz CT molecular complexity index is 544. The van der Waals surface area contributed by atoms with Gasteiger partial charge in [0, 0.05) is 20.1 Å². The molecule has 0 spiro atoms. The number of aromatic nitrogens is 2. The van der Waals surface area contributed by atoms with Gasteiger partial charge < -0.3 is 15.1 Å². The van der Waals surface area contributed by atoms with E-state index in [0.717, 1.165) is 0 Å². The molecule has 1 aromatic rings. The molecule has 0 aliphatic rings. The summed E-state index contributed by atoms with van der Waals surface area (Å²) < 4.78 is 1.31. The molecule has 1 N–H and O–H groups in total. The molecule has 7 nitrogen and oxygen atoms in total. The Balaban J connectivity index is 2.76. The summed E-state index contributed by atoms with van der Waals surface area (Å²) in [4.78, 5) is 27.3. The molecule has 0 saturated carbocycles. The van der Waals surface area contributed by atoms with Gasteiger partial charge in [0.25, 0.3) is 5.56 Å². The topological polar surface area (TPSA) is 70.5 Å². The van der Waals surface area contributed by atoms with Crippen molar-refractivity contribution in [1.82, 2.24) is 19.6 Å². The second kappa shape index (κ2) is 7.99. The predicted molar refractivity (Wildman–Crippen MR) is 83.9 cm³/mol. The maximum Gasteiger partial charge on any atom is 0.287 e. The molecule has 0 saturated heterocycles. The van der Waals surface area contributed by atoms with E-state index in [-0.39, 0.29) is 23.0 Å². The van der Waals surface area contributed by atoms with Crippen molar-refractivity contribution >= 4 is 23.2 Å². The SMILES string of the molecule is CCN(C)C(=O)CNc1cnn(CCN(C)C)c(=O)c1Cl. The molecule has 21 heavy (non-hydrogen) atoms. The first kappa shape index (κ1) is 17.5. The molecule has 0 atom stereocenters. The number of nitrogens with one attached hydrogen (secondary N) is 1. The fourth-order valence-corrected chi connectivity index (χ4v) is 1.74. The van der Waals surface area contributed by atoms with E-state index in [1.807, 2.05) is 25.9 Å². The van der Waals surface area contributed by atoms with Crippen molar-refractivity contribution in [2.75, 3.05) is 46.1 Å². The summed E-state index contributed by atoms with van der Waals surface area (Å²) >= 11 is 6.04. The number of amides is 1. The van der Waals surface area contributed by atoms with Crippen LogP contribution in [0, 0.1) is 0 Å². The van der Waals surface area contributed by atoms with E-state index in [2.05, 4.69) is 10.4 Å². The molecule has 0 fully saturated rings. The van der Waals surface area contributed by atoms with E-state index in [4.69, 9.17) is 11.6 Å². The summed E-state index contributed by atoms with van der Waals surface area (Å²) in [5, 5.41) is 6.96. The first-order valence-electron chi connectivity index (χ1n) is 6.75. The van der Waals surface area contributed by atoms with Gasteiger partial charge in [-0.2, -0.15) is 5.10 Å². The molecule has 0 radical (unpaired) electrons. The maximum absolute atomic E-state index is 12.1. The number of nitrogens with zero attached hydrogens (tertiary/aromatic N) is 4. The lowest BCUT2D eigenvalue weighted by Gasteiger charge is -2.16. The van der Waals surface area contributed by atoms with Crippen LogP contribution in [0.1, 0.15) is 6.92 Å². The van der Waals surface area contributed by atoms with Gasteiger partial charge in [0.05, 0.1) is 25.0 Å². The van der Waals surface area contributed by atoms with Crippen LogP contribution in [0.3, 0.4) is 0 Å². The number of carbonyl (C=O) groups is 1. The number of hydrogen-bond acceptors (Lipinski definition) is 5. The van der Waals surface area contributed by atoms with Crippen molar-refractivity contribution in [2.45, 2.75) is 13.5 Å². The van der Waals surface area contributed by atoms with Gasteiger partial charge in [-0.25, -0.2) is 4.68 Å². The number of carbonyl (C=O) groups excluding carboxylic acids is 1. The monoisotopic (exact) mass is 315 g/mol. The Morgan fingerprint density at radius 2 is 2.10 bits per heavy atom. The second-order valence-electron chi connectivity index (χ2n) is 4.97. The van der Waals surface area contributed by atoms with Crippen molar-refractivity contribution in [3.63, 3.8) is 0 Å². The lowest BCUT2D eigenvalue weighted by molar-refractivity contribution is -0.127. The molecule has 0 bridgehead atoms. The van der Waals surface area contributed by atoms with Crippen molar-refractivity contribution in [1.29, 1.82) is 0 Å². The minimum absolute atomic E-state index is 0.0516. The molecule has 1 heterocycles. The standard InChI is InChI=1S/C13H22ClN5O2/c1-5-18(4)11(20)9-15-10-8-16-19(7-6-17(2)3)13(21)12(10)14/h8,15H,5-7,9H2,1-4H3. The largest absolute Gasteiger partial charge is 0.373 e. The molecular formula is C13H22ClN5O2. The van der Waals surface area contributed by atoms with Gasteiger partial charge in [-0.15, -0.1) is 0 Å². The van der Waals surface area contributed by atoms with Gasteiger partial charge in [0.2, 0.25) is 5.91 Å². The zero-order valence-electron chi connectivity index (χ0n) is 12.9. The van der Waals surface area contributed by atoms with Gasteiger partial charge in [-0.3, -0.25) is 9.59 Å². The molecule has 0 unspecified atom stereocenters. The Labute approximate surface area is 129 Å². The van der Waals surface area contributed by atoms with Crippen LogP contribution in [-0.4, -0.2) is 66.3 Å². The first-order chi connectivity index (χ1) is 9.86. The number of hydrogen-bond donors (Lipinski definition) is 1. The van der Waals surface area contributed by atoms with E-state index >= 15 is 0 Å². The molecule has 118 valence electrons. The number of halogens is 1. The van der Waals surface area contributed by atoms with Gasteiger partial charge in [-0.1, -0.05) is 11.6 Å². The van der Waals surface area contributed by atoms with Crippen LogP contribution in [0.2, 0.25) is 5.02 Å². The molecule has 1 rings (SSSR count). The van der Waals surface area contributed by atoms with Crippen LogP contribution >= 0.6 is 11.6 Å². The lowest BCUT2D eigenvalue weighted by Crippen LogP contribution is -2.33. The Kier molecular flexibility index (Phi) is 6.64. The van der Waals surface area contributed by atoms with Crippen LogP contribution in [0.15, 0.2) is 11.0 Å². The smallest absolute Gasteiger partial charge is 0.287 e. The highest BCUT2D eigenvalue weighted by Gasteiger charge is 2.12. The zero-order chi connectivity index (χ0) is 16.0.